The molecular weight excluding hydrogens is 484 g/mol. The lowest BCUT2D eigenvalue weighted by Gasteiger charge is -2.11. The van der Waals surface area contributed by atoms with Gasteiger partial charge in [-0.1, -0.05) is 18.2 Å². The number of H-pyrrole nitrogens is 1. The van der Waals surface area contributed by atoms with Gasteiger partial charge >= 0.3 is 10.1 Å². The summed E-state index contributed by atoms with van der Waals surface area (Å²) in [4.78, 5) is 17.5. The predicted molar refractivity (Wildman–Crippen MR) is 133 cm³/mol. The number of allylic oxidation sites excluding steroid dienone is 1. The number of fused-ring (bicyclic) bond motifs is 1. The molecule has 0 aliphatic carbocycles. The van der Waals surface area contributed by atoms with Gasteiger partial charge < -0.3 is 13.9 Å². The number of ether oxygens (including phenoxy) is 1. The summed E-state index contributed by atoms with van der Waals surface area (Å²) in [5, 5.41) is 21.0. The van der Waals surface area contributed by atoms with Crippen LogP contribution in [-0.2, 0) is 10.1 Å². The van der Waals surface area contributed by atoms with Crippen molar-refractivity contribution in [3.8, 4) is 17.6 Å². The molecular formula is C25H20N4O6S. The fourth-order valence-corrected chi connectivity index (χ4v) is 4.65. The van der Waals surface area contributed by atoms with Crippen LogP contribution in [0.1, 0.15) is 22.5 Å². The molecule has 0 aliphatic heterocycles. The average Bonchev–Trinajstić information content (AvgIpc) is 3.25. The van der Waals surface area contributed by atoms with Crippen LogP contribution in [0.4, 0.5) is 5.69 Å². The Kier molecular flexibility index (Phi) is 6.46. The second kappa shape index (κ2) is 9.52. The number of aromatic nitrogens is 2. The van der Waals surface area contributed by atoms with E-state index >= 15 is 0 Å². The molecule has 0 bridgehead atoms. The van der Waals surface area contributed by atoms with Gasteiger partial charge in [-0.05, 0) is 66.9 Å². The number of hydrogen-bond acceptors (Lipinski definition) is 8. The molecule has 4 aromatic rings. The van der Waals surface area contributed by atoms with Crippen LogP contribution in [0.15, 0.2) is 59.5 Å². The molecule has 0 radical (unpaired) electrons. The summed E-state index contributed by atoms with van der Waals surface area (Å²) in [6.07, 6.45) is 1.57. The van der Waals surface area contributed by atoms with Crippen LogP contribution in [-0.4, -0.2) is 30.4 Å². The van der Waals surface area contributed by atoms with E-state index in [1.54, 1.807) is 6.08 Å². The number of imidazole rings is 1. The fraction of sp³-hybridized carbons (Fsp3) is 0.120. The minimum atomic E-state index is -4.53. The summed E-state index contributed by atoms with van der Waals surface area (Å²) in [5.74, 6) is 0.274. The van der Waals surface area contributed by atoms with Gasteiger partial charge in [-0.3, -0.25) is 10.1 Å². The van der Waals surface area contributed by atoms with Crippen LogP contribution in [0.5, 0.6) is 11.5 Å². The van der Waals surface area contributed by atoms with Crippen molar-refractivity contribution in [1.82, 2.24) is 9.97 Å². The standard InChI is InChI=1S/C25H20N4O6S/c1-15-10-19-20(11-16(15)2)28-25(27-19)18(14-26)12-17-8-9-22(23(13-17)34-3)35-36(32,33)24-7-5-4-6-21(24)29(30)31/h4-13H,1-3H3,(H,27,28)/b18-12-. The number of rotatable bonds is 7. The maximum absolute atomic E-state index is 12.8. The zero-order valence-corrected chi connectivity index (χ0v) is 20.3. The molecule has 36 heavy (non-hydrogen) atoms. The van der Waals surface area contributed by atoms with Crippen molar-refractivity contribution >= 4 is 38.5 Å². The van der Waals surface area contributed by atoms with Crippen LogP contribution in [0.25, 0.3) is 22.7 Å². The highest BCUT2D eigenvalue weighted by Gasteiger charge is 2.28. The maximum Gasteiger partial charge on any atom is 0.346 e. The summed E-state index contributed by atoms with van der Waals surface area (Å²) in [7, 11) is -3.21. The normalized spacial score (nSPS) is 11.8. The maximum atomic E-state index is 12.8. The number of nitro benzene ring substituents is 1. The Labute approximate surface area is 206 Å². The number of nitrogens with one attached hydrogen (secondary N) is 1. The van der Waals surface area contributed by atoms with Gasteiger partial charge in [0.2, 0.25) is 0 Å². The number of benzene rings is 3. The van der Waals surface area contributed by atoms with Gasteiger partial charge in [-0.15, -0.1) is 0 Å². The van der Waals surface area contributed by atoms with Gasteiger partial charge in [0.05, 0.1) is 28.6 Å². The van der Waals surface area contributed by atoms with E-state index in [9.17, 15) is 23.8 Å². The second-order valence-electron chi connectivity index (χ2n) is 7.88. The molecule has 0 atom stereocenters. The molecule has 4 rings (SSSR count). The van der Waals surface area contributed by atoms with Crippen LogP contribution in [0, 0.1) is 35.3 Å². The summed E-state index contributed by atoms with van der Waals surface area (Å²) in [5.41, 5.74) is 3.88. The Balaban J connectivity index is 1.68. The summed E-state index contributed by atoms with van der Waals surface area (Å²) < 4.78 is 36.0. The largest absolute Gasteiger partial charge is 0.493 e. The lowest BCUT2D eigenvalue weighted by molar-refractivity contribution is -0.387. The zero-order chi connectivity index (χ0) is 26.0. The van der Waals surface area contributed by atoms with Crippen molar-refractivity contribution in [3.63, 3.8) is 0 Å². The number of aryl methyl sites for hydroxylation is 2. The van der Waals surface area contributed by atoms with Crippen molar-refractivity contribution in [2.24, 2.45) is 0 Å². The molecule has 0 unspecified atom stereocenters. The summed E-state index contributed by atoms with van der Waals surface area (Å²) >= 11 is 0. The highest BCUT2D eigenvalue weighted by molar-refractivity contribution is 7.87. The molecule has 0 aliphatic rings. The van der Waals surface area contributed by atoms with E-state index in [1.165, 1.54) is 37.4 Å². The van der Waals surface area contributed by atoms with Crippen molar-refractivity contribution < 1.29 is 22.3 Å². The first-order chi connectivity index (χ1) is 17.1. The number of nitro groups is 1. The molecule has 0 saturated carbocycles. The molecule has 0 spiro atoms. The lowest BCUT2D eigenvalue weighted by atomic mass is 10.1. The molecule has 10 nitrogen and oxygen atoms in total. The van der Waals surface area contributed by atoms with E-state index in [-0.39, 0.29) is 17.1 Å². The van der Waals surface area contributed by atoms with Crippen LogP contribution < -0.4 is 8.92 Å². The Bertz CT molecular complexity index is 1640. The SMILES string of the molecule is COc1cc(/C=C(/C#N)c2nc3cc(C)c(C)cc3[nH]2)ccc1OS(=O)(=O)c1ccccc1[N+](=O)[O-]. The average molecular weight is 505 g/mol. The first-order valence-electron chi connectivity index (χ1n) is 10.6. The molecule has 1 aromatic heterocycles. The van der Waals surface area contributed by atoms with Crippen LogP contribution in [0.3, 0.4) is 0 Å². The number of nitrogens with zero attached hydrogens (tertiary/aromatic N) is 3. The van der Waals surface area contributed by atoms with Crippen molar-refractivity contribution in [2.45, 2.75) is 18.7 Å². The molecule has 0 saturated heterocycles. The van der Waals surface area contributed by atoms with E-state index < -0.39 is 25.6 Å². The Morgan fingerprint density at radius 1 is 1.11 bits per heavy atom. The minimum Gasteiger partial charge on any atom is -0.493 e. The Morgan fingerprint density at radius 2 is 1.83 bits per heavy atom. The highest BCUT2D eigenvalue weighted by Crippen LogP contribution is 2.34. The van der Waals surface area contributed by atoms with Gasteiger partial charge in [-0.25, -0.2) is 4.98 Å². The Hall–Kier alpha value is -4.69. The fourth-order valence-electron chi connectivity index (χ4n) is 3.54. The smallest absolute Gasteiger partial charge is 0.346 e. The number of para-hydroxylation sites is 1. The van der Waals surface area contributed by atoms with Gasteiger partial charge in [-0.2, -0.15) is 13.7 Å². The number of methoxy groups -OCH3 is 1. The van der Waals surface area contributed by atoms with Crippen molar-refractivity contribution in [1.29, 1.82) is 5.26 Å². The van der Waals surface area contributed by atoms with Crippen LogP contribution >= 0.6 is 0 Å². The minimum absolute atomic E-state index is 0.0547. The molecule has 0 fully saturated rings. The first kappa shape index (κ1) is 24.4. The Morgan fingerprint density at radius 3 is 2.53 bits per heavy atom. The third-order valence-corrected chi connectivity index (χ3v) is 6.79. The van der Waals surface area contributed by atoms with E-state index in [2.05, 4.69) is 16.0 Å². The van der Waals surface area contributed by atoms with Crippen molar-refractivity contribution in [3.05, 3.63) is 87.2 Å². The number of hydrogen-bond donors (Lipinski definition) is 1. The number of aromatic amines is 1. The molecule has 3 aromatic carbocycles. The van der Waals surface area contributed by atoms with E-state index in [0.717, 1.165) is 34.3 Å². The van der Waals surface area contributed by atoms with E-state index in [0.29, 0.717) is 11.4 Å². The van der Waals surface area contributed by atoms with Gasteiger partial charge in [0.15, 0.2) is 16.4 Å². The topological polar surface area (TPSA) is 148 Å². The lowest BCUT2D eigenvalue weighted by Crippen LogP contribution is -2.12. The molecule has 182 valence electrons. The van der Waals surface area contributed by atoms with Crippen molar-refractivity contribution in [2.75, 3.05) is 7.11 Å². The molecule has 1 N–H and O–H groups in total. The summed E-state index contributed by atoms with van der Waals surface area (Å²) in [6.45, 7) is 3.97. The monoisotopic (exact) mass is 504 g/mol. The second-order valence-corrected chi connectivity index (χ2v) is 9.40. The number of nitriles is 1. The predicted octanol–water partition coefficient (Wildman–Crippen LogP) is 4.93. The third-order valence-electron chi connectivity index (χ3n) is 5.50. The van der Waals surface area contributed by atoms with E-state index in [4.69, 9.17) is 8.92 Å². The third kappa shape index (κ3) is 4.75. The molecule has 1 heterocycles. The summed E-state index contributed by atoms with van der Waals surface area (Å²) in [6, 6.07) is 15.3. The van der Waals surface area contributed by atoms with E-state index in [1.807, 2.05) is 26.0 Å². The molecule has 11 heteroatoms. The van der Waals surface area contributed by atoms with Gasteiger partial charge in [0.25, 0.3) is 5.69 Å². The first-order valence-corrected chi connectivity index (χ1v) is 12.0. The van der Waals surface area contributed by atoms with Gasteiger partial charge in [0.1, 0.15) is 11.9 Å². The quantitative estimate of drug-likeness (QED) is 0.161. The highest BCUT2D eigenvalue weighted by atomic mass is 32.2. The zero-order valence-electron chi connectivity index (χ0n) is 19.5. The van der Waals surface area contributed by atoms with Crippen LogP contribution in [0.2, 0.25) is 0 Å². The molecule has 0 amide bonds. The van der Waals surface area contributed by atoms with Gasteiger partial charge in [0, 0.05) is 6.07 Å².